The Hall–Kier alpha value is -8.21. The van der Waals surface area contributed by atoms with Crippen molar-refractivity contribution >= 4 is 21.9 Å². The summed E-state index contributed by atoms with van der Waals surface area (Å²) in [5.41, 5.74) is 15.2. The summed E-state index contributed by atoms with van der Waals surface area (Å²) in [6, 6.07) is 79.2. The third-order valence-corrected chi connectivity index (χ3v) is 12.5. The molecule has 9 aromatic carbocycles. The first-order valence-electron chi connectivity index (χ1n) is 21.0. The van der Waals surface area contributed by atoms with E-state index < -0.39 is 5.41 Å². The van der Waals surface area contributed by atoms with E-state index in [1.54, 1.807) is 0 Å². The van der Waals surface area contributed by atoms with Gasteiger partial charge >= 0.3 is 0 Å². The van der Waals surface area contributed by atoms with E-state index in [0.29, 0.717) is 17.5 Å². The van der Waals surface area contributed by atoms with E-state index in [4.69, 9.17) is 19.4 Å². The molecule has 4 heteroatoms. The number of aromatic nitrogens is 3. The van der Waals surface area contributed by atoms with Gasteiger partial charge in [0.05, 0.1) is 11.0 Å². The zero-order valence-electron chi connectivity index (χ0n) is 33.6. The van der Waals surface area contributed by atoms with Gasteiger partial charge in [-0.25, -0.2) is 15.0 Å². The lowest BCUT2D eigenvalue weighted by atomic mass is 9.67. The Morgan fingerprint density at radius 2 is 0.774 bits per heavy atom. The summed E-state index contributed by atoms with van der Waals surface area (Å²) < 4.78 is 6.62. The Kier molecular flexibility index (Phi) is 8.36. The monoisotopic (exact) mass is 791 g/mol. The highest BCUT2D eigenvalue weighted by Crippen LogP contribution is 2.58. The van der Waals surface area contributed by atoms with Crippen LogP contribution in [0.4, 0.5) is 0 Å². The predicted octanol–water partition coefficient (Wildman–Crippen LogP) is 14.5. The van der Waals surface area contributed by atoms with Gasteiger partial charge < -0.3 is 4.42 Å². The van der Waals surface area contributed by atoms with Crippen molar-refractivity contribution in [1.82, 2.24) is 15.0 Å². The highest BCUT2D eigenvalue weighted by atomic mass is 16.3. The molecule has 0 spiro atoms. The zero-order chi connectivity index (χ0) is 41.0. The molecule has 0 unspecified atom stereocenters. The Morgan fingerprint density at radius 1 is 0.306 bits per heavy atom. The molecule has 0 radical (unpaired) electrons. The van der Waals surface area contributed by atoms with Crippen LogP contribution in [0.5, 0.6) is 0 Å². The molecular weight excluding hydrogens is 755 g/mol. The van der Waals surface area contributed by atoms with Gasteiger partial charge in [0.15, 0.2) is 17.5 Å². The maximum absolute atomic E-state index is 6.62. The zero-order valence-corrected chi connectivity index (χ0v) is 33.6. The number of furan rings is 1. The van der Waals surface area contributed by atoms with Crippen LogP contribution in [-0.4, -0.2) is 15.0 Å². The van der Waals surface area contributed by atoms with Crippen LogP contribution in [-0.2, 0) is 5.41 Å². The number of hydrogen-bond acceptors (Lipinski definition) is 4. The van der Waals surface area contributed by atoms with Gasteiger partial charge in [0, 0.05) is 21.9 Å². The van der Waals surface area contributed by atoms with Crippen molar-refractivity contribution in [2.24, 2.45) is 0 Å². The van der Waals surface area contributed by atoms with Crippen molar-refractivity contribution < 1.29 is 4.42 Å². The topological polar surface area (TPSA) is 51.8 Å². The van der Waals surface area contributed by atoms with Crippen LogP contribution in [0.3, 0.4) is 0 Å². The molecule has 1 aliphatic rings. The smallest absolute Gasteiger partial charge is 0.167 e. The second-order valence-corrected chi connectivity index (χ2v) is 15.8. The van der Waals surface area contributed by atoms with Crippen LogP contribution in [0, 0.1) is 0 Å². The molecule has 2 aromatic heterocycles. The fraction of sp³-hybridized carbons (Fsp3) is 0.0172. The minimum absolute atomic E-state index is 0.546. The molecular formula is C58H37N3O. The van der Waals surface area contributed by atoms with Crippen molar-refractivity contribution in [2.75, 3.05) is 0 Å². The summed E-state index contributed by atoms with van der Waals surface area (Å²) in [6.07, 6.45) is 0. The Balaban J connectivity index is 1.12. The van der Waals surface area contributed by atoms with E-state index in [1.807, 2.05) is 24.3 Å². The molecule has 0 saturated heterocycles. The van der Waals surface area contributed by atoms with Gasteiger partial charge in [0.1, 0.15) is 11.2 Å². The lowest BCUT2D eigenvalue weighted by Gasteiger charge is -2.33. The molecule has 1 aliphatic carbocycles. The van der Waals surface area contributed by atoms with Gasteiger partial charge in [-0.1, -0.05) is 212 Å². The molecule has 0 atom stereocenters. The molecule has 290 valence electrons. The maximum atomic E-state index is 6.62. The average Bonchev–Trinajstić information content (AvgIpc) is 3.89. The average molecular weight is 792 g/mol. The third kappa shape index (κ3) is 5.58. The van der Waals surface area contributed by atoms with Crippen LogP contribution in [0.25, 0.3) is 89.5 Å². The number of benzene rings is 9. The van der Waals surface area contributed by atoms with Crippen LogP contribution in [0.1, 0.15) is 22.3 Å². The molecule has 11 aromatic rings. The highest BCUT2D eigenvalue weighted by molar-refractivity contribution is 6.09. The van der Waals surface area contributed by atoms with Crippen LogP contribution in [0.15, 0.2) is 229 Å². The number of fused-ring (bicyclic) bond motifs is 6. The summed E-state index contributed by atoms with van der Waals surface area (Å²) in [6.45, 7) is 0. The molecule has 0 bridgehead atoms. The largest absolute Gasteiger partial charge is 0.455 e. The predicted molar refractivity (Wildman–Crippen MR) is 252 cm³/mol. The minimum atomic E-state index is -0.568. The van der Waals surface area contributed by atoms with Crippen LogP contribution >= 0.6 is 0 Å². The van der Waals surface area contributed by atoms with E-state index in [0.717, 1.165) is 66.4 Å². The van der Waals surface area contributed by atoms with Crippen molar-refractivity contribution in [3.8, 4) is 67.5 Å². The lowest BCUT2D eigenvalue weighted by molar-refractivity contribution is 0.669. The van der Waals surface area contributed by atoms with Gasteiger partial charge in [-0.05, 0) is 67.8 Å². The Morgan fingerprint density at radius 3 is 1.50 bits per heavy atom. The number of rotatable bonds is 7. The Bertz CT molecular complexity index is 3410. The van der Waals surface area contributed by atoms with E-state index in [-0.39, 0.29) is 0 Å². The quantitative estimate of drug-likeness (QED) is 0.161. The summed E-state index contributed by atoms with van der Waals surface area (Å²) in [4.78, 5) is 16.2. The second-order valence-electron chi connectivity index (χ2n) is 15.8. The molecule has 62 heavy (non-hydrogen) atoms. The van der Waals surface area contributed by atoms with E-state index in [1.165, 1.54) is 27.8 Å². The Labute approximate surface area is 359 Å². The summed E-state index contributed by atoms with van der Waals surface area (Å²) in [5, 5.41) is 2.07. The summed E-state index contributed by atoms with van der Waals surface area (Å²) in [7, 11) is 0. The maximum Gasteiger partial charge on any atom is 0.167 e. The van der Waals surface area contributed by atoms with Crippen molar-refractivity contribution in [3.05, 3.63) is 247 Å². The molecule has 0 aliphatic heterocycles. The number of nitrogens with zero attached hydrogens (tertiary/aromatic N) is 3. The normalized spacial score (nSPS) is 12.6. The number of para-hydroxylation sites is 2. The van der Waals surface area contributed by atoms with Gasteiger partial charge in [-0.15, -0.1) is 0 Å². The van der Waals surface area contributed by atoms with Gasteiger partial charge in [0.2, 0.25) is 0 Å². The first-order chi connectivity index (χ1) is 30.8. The fourth-order valence-electron chi connectivity index (χ4n) is 9.74. The molecule has 0 fully saturated rings. The first-order valence-corrected chi connectivity index (χ1v) is 21.0. The SMILES string of the molecule is c1ccc(-c2ccc(-c3ccccc3-c3nc(-c4cccc5c4-c4ccccc4C5(c4ccccc4)c4ccccc4)nc(-c4cccc5c4oc4ccccc45)n3)cc2)cc1. The van der Waals surface area contributed by atoms with Gasteiger partial charge in [0.25, 0.3) is 0 Å². The highest BCUT2D eigenvalue weighted by Gasteiger charge is 2.47. The van der Waals surface area contributed by atoms with Gasteiger partial charge in [-0.3, -0.25) is 0 Å². The van der Waals surface area contributed by atoms with Crippen LogP contribution < -0.4 is 0 Å². The minimum Gasteiger partial charge on any atom is -0.455 e. The van der Waals surface area contributed by atoms with Gasteiger partial charge in [-0.2, -0.15) is 0 Å². The molecule has 2 heterocycles. The molecule has 0 amide bonds. The molecule has 0 N–H and O–H groups in total. The lowest BCUT2D eigenvalue weighted by Crippen LogP contribution is -2.28. The van der Waals surface area contributed by atoms with Crippen molar-refractivity contribution in [2.45, 2.75) is 5.41 Å². The molecule has 4 nitrogen and oxygen atoms in total. The molecule has 0 saturated carbocycles. The fourth-order valence-corrected chi connectivity index (χ4v) is 9.74. The standard InChI is InChI=1S/C58H37N3O/c1-4-18-38(19-5-1)39-34-36-40(37-35-39)43-24-10-11-26-46(43)55-59-56(61-57(60-55)49-30-16-28-45-44-25-13-15-33-52(44)62-54(45)49)48-29-17-32-51-53(48)47-27-12-14-31-50(47)58(51,41-20-6-2-7-21-41)42-22-8-3-9-23-42/h1-37H. The van der Waals surface area contributed by atoms with Crippen LogP contribution in [0.2, 0.25) is 0 Å². The summed E-state index contributed by atoms with van der Waals surface area (Å²) in [5.74, 6) is 1.73. The summed E-state index contributed by atoms with van der Waals surface area (Å²) >= 11 is 0. The van der Waals surface area contributed by atoms with E-state index in [9.17, 15) is 0 Å². The third-order valence-electron chi connectivity index (χ3n) is 12.5. The molecule has 12 rings (SSSR count). The van der Waals surface area contributed by atoms with E-state index in [2.05, 4.69) is 200 Å². The van der Waals surface area contributed by atoms with Crippen molar-refractivity contribution in [3.63, 3.8) is 0 Å². The second kappa shape index (κ2) is 14.5. The van der Waals surface area contributed by atoms with E-state index >= 15 is 0 Å². The van der Waals surface area contributed by atoms with Crippen molar-refractivity contribution in [1.29, 1.82) is 0 Å². The first kappa shape index (κ1) is 35.7. The number of hydrogen-bond donors (Lipinski definition) is 0.